The molecule has 100 valence electrons. The Bertz CT molecular complexity index is 266. The van der Waals surface area contributed by atoms with Crippen LogP contribution in [0.2, 0.25) is 0 Å². The molecule has 2 unspecified atom stereocenters. The van der Waals surface area contributed by atoms with Gasteiger partial charge in [0.15, 0.2) is 0 Å². The molecule has 4 heteroatoms. The lowest BCUT2D eigenvalue weighted by Crippen LogP contribution is -2.41. The van der Waals surface area contributed by atoms with Gasteiger partial charge in [-0.05, 0) is 25.2 Å². The highest BCUT2D eigenvalue weighted by molar-refractivity contribution is 5.84. The highest BCUT2D eigenvalue weighted by Crippen LogP contribution is 2.25. The summed E-state index contributed by atoms with van der Waals surface area (Å²) in [6, 6.07) is 0.00299. The lowest BCUT2D eigenvalue weighted by molar-refractivity contribution is -0.131. The Labute approximate surface area is 105 Å². The molecule has 1 aliphatic heterocycles. The first-order chi connectivity index (χ1) is 7.91. The van der Waals surface area contributed by atoms with Crippen LogP contribution in [0.4, 0.5) is 0 Å². The van der Waals surface area contributed by atoms with Crippen molar-refractivity contribution in [2.45, 2.75) is 52.7 Å². The molecule has 4 nitrogen and oxygen atoms in total. The van der Waals surface area contributed by atoms with Crippen molar-refractivity contribution in [3.8, 4) is 0 Å². The van der Waals surface area contributed by atoms with Gasteiger partial charge < -0.3 is 9.64 Å². The molecule has 0 spiro atoms. The molecule has 0 aromatic rings. The number of methoxy groups -OCH3 is 1. The van der Waals surface area contributed by atoms with Gasteiger partial charge in [-0.3, -0.25) is 10.1 Å². The zero-order valence-electron chi connectivity index (χ0n) is 11.7. The second-order valence-electron chi connectivity index (χ2n) is 5.68. The van der Waals surface area contributed by atoms with E-state index >= 15 is 0 Å². The molecule has 0 bridgehead atoms. The van der Waals surface area contributed by atoms with Gasteiger partial charge in [0.25, 0.3) is 0 Å². The second kappa shape index (κ2) is 5.83. The van der Waals surface area contributed by atoms with E-state index in [0.717, 1.165) is 26.0 Å². The number of hydrogen-bond donors (Lipinski definition) is 1. The Balaban J connectivity index is 2.58. The smallest absolute Gasteiger partial charge is 0.241 e. The third-order valence-electron chi connectivity index (χ3n) is 3.48. The van der Waals surface area contributed by atoms with Crippen LogP contribution in [-0.4, -0.2) is 43.3 Å². The van der Waals surface area contributed by atoms with Crippen LogP contribution in [-0.2, 0) is 9.53 Å². The average molecular weight is 242 g/mol. The average Bonchev–Trinajstić information content (AvgIpc) is 2.53. The molecule has 1 heterocycles. The molecule has 1 aliphatic rings. The molecule has 0 aromatic heterocycles. The van der Waals surface area contributed by atoms with Gasteiger partial charge >= 0.3 is 0 Å². The number of hydrogen-bond acceptors (Lipinski definition) is 3. The Morgan fingerprint density at radius 1 is 1.47 bits per heavy atom. The van der Waals surface area contributed by atoms with Gasteiger partial charge in [-0.15, -0.1) is 0 Å². The van der Waals surface area contributed by atoms with E-state index in [4.69, 9.17) is 4.74 Å². The zero-order valence-corrected chi connectivity index (χ0v) is 11.7. The molecule has 1 fully saturated rings. The van der Waals surface area contributed by atoms with Crippen molar-refractivity contribution < 1.29 is 9.53 Å². The molecular weight excluding hydrogens is 216 g/mol. The first kappa shape index (κ1) is 14.5. The number of rotatable bonds is 6. The minimum atomic E-state index is 0.00299. The normalized spacial score (nSPS) is 25.7. The van der Waals surface area contributed by atoms with Gasteiger partial charge in [0, 0.05) is 20.3 Å². The van der Waals surface area contributed by atoms with E-state index in [1.807, 2.05) is 11.8 Å². The SMILES string of the molecule is CCC1NC(C)N(CC(C)(C)CCOC)C1=O. The van der Waals surface area contributed by atoms with Gasteiger partial charge in [-0.1, -0.05) is 20.8 Å². The highest BCUT2D eigenvalue weighted by Gasteiger charge is 2.37. The van der Waals surface area contributed by atoms with Gasteiger partial charge in [0.1, 0.15) is 0 Å². The summed E-state index contributed by atoms with van der Waals surface area (Å²) in [7, 11) is 1.72. The Kier molecular flexibility index (Phi) is 4.95. The molecule has 0 aromatic carbocycles. The number of ether oxygens (including phenoxy) is 1. The van der Waals surface area contributed by atoms with Crippen molar-refractivity contribution in [1.82, 2.24) is 10.2 Å². The van der Waals surface area contributed by atoms with E-state index in [9.17, 15) is 4.79 Å². The zero-order chi connectivity index (χ0) is 13.1. The fourth-order valence-electron chi connectivity index (χ4n) is 2.27. The topological polar surface area (TPSA) is 41.6 Å². The molecule has 1 N–H and O–H groups in total. The number of nitrogens with zero attached hydrogens (tertiary/aromatic N) is 1. The van der Waals surface area contributed by atoms with Crippen LogP contribution in [0.5, 0.6) is 0 Å². The quantitative estimate of drug-likeness (QED) is 0.769. The van der Waals surface area contributed by atoms with E-state index in [1.165, 1.54) is 0 Å². The van der Waals surface area contributed by atoms with Gasteiger partial charge in [0.05, 0.1) is 12.2 Å². The molecule has 0 radical (unpaired) electrons. The van der Waals surface area contributed by atoms with Crippen LogP contribution in [0.15, 0.2) is 0 Å². The summed E-state index contributed by atoms with van der Waals surface area (Å²) in [4.78, 5) is 14.1. The largest absolute Gasteiger partial charge is 0.385 e. The predicted octanol–water partition coefficient (Wildman–Crippen LogP) is 1.61. The minimum absolute atomic E-state index is 0.00299. The van der Waals surface area contributed by atoms with Crippen LogP contribution in [0.25, 0.3) is 0 Å². The first-order valence-corrected chi connectivity index (χ1v) is 6.46. The summed E-state index contributed by atoms with van der Waals surface area (Å²) in [5, 5.41) is 3.33. The summed E-state index contributed by atoms with van der Waals surface area (Å²) in [6.07, 6.45) is 1.98. The molecule has 1 rings (SSSR count). The lowest BCUT2D eigenvalue weighted by Gasteiger charge is -2.32. The third kappa shape index (κ3) is 3.68. The monoisotopic (exact) mass is 242 g/mol. The van der Waals surface area contributed by atoms with Gasteiger partial charge in [-0.25, -0.2) is 0 Å². The van der Waals surface area contributed by atoms with E-state index in [-0.39, 0.29) is 23.5 Å². The maximum Gasteiger partial charge on any atom is 0.241 e. The van der Waals surface area contributed by atoms with Crippen LogP contribution < -0.4 is 5.32 Å². The van der Waals surface area contributed by atoms with Crippen LogP contribution >= 0.6 is 0 Å². The Morgan fingerprint density at radius 2 is 2.12 bits per heavy atom. The maximum absolute atomic E-state index is 12.1. The maximum atomic E-state index is 12.1. The fourth-order valence-corrected chi connectivity index (χ4v) is 2.27. The van der Waals surface area contributed by atoms with E-state index in [2.05, 4.69) is 26.1 Å². The highest BCUT2D eigenvalue weighted by atomic mass is 16.5. The Morgan fingerprint density at radius 3 is 2.59 bits per heavy atom. The van der Waals surface area contributed by atoms with E-state index in [0.29, 0.717) is 0 Å². The summed E-state index contributed by atoms with van der Waals surface area (Å²) in [5.41, 5.74) is 0.101. The number of nitrogens with one attached hydrogen (secondary N) is 1. The van der Waals surface area contributed by atoms with Gasteiger partial charge in [0.2, 0.25) is 5.91 Å². The van der Waals surface area contributed by atoms with Crippen molar-refractivity contribution in [2.75, 3.05) is 20.3 Å². The standard InChI is InChI=1S/C13H26N2O2/c1-6-11-12(16)15(10(2)14-11)9-13(3,4)7-8-17-5/h10-11,14H,6-9H2,1-5H3. The van der Waals surface area contributed by atoms with Crippen LogP contribution in [0.1, 0.15) is 40.5 Å². The van der Waals surface area contributed by atoms with Crippen LogP contribution in [0.3, 0.4) is 0 Å². The van der Waals surface area contributed by atoms with Crippen molar-refractivity contribution in [1.29, 1.82) is 0 Å². The molecule has 1 amide bonds. The van der Waals surface area contributed by atoms with Crippen molar-refractivity contribution in [3.63, 3.8) is 0 Å². The minimum Gasteiger partial charge on any atom is -0.385 e. The lowest BCUT2D eigenvalue weighted by atomic mass is 9.89. The van der Waals surface area contributed by atoms with Crippen molar-refractivity contribution >= 4 is 5.91 Å². The molecule has 2 atom stereocenters. The van der Waals surface area contributed by atoms with E-state index in [1.54, 1.807) is 7.11 Å². The first-order valence-electron chi connectivity index (χ1n) is 6.46. The van der Waals surface area contributed by atoms with Crippen molar-refractivity contribution in [2.24, 2.45) is 5.41 Å². The predicted molar refractivity (Wildman–Crippen MR) is 68.7 cm³/mol. The number of carbonyl (C=O) groups excluding carboxylic acids is 1. The third-order valence-corrected chi connectivity index (χ3v) is 3.48. The number of carbonyl (C=O) groups is 1. The van der Waals surface area contributed by atoms with Crippen LogP contribution in [0, 0.1) is 5.41 Å². The molecule has 0 saturated carbocycles. The van der Waals surface area contributed by atoms with Crippen molar-refractivity contribution in [3.05, 3.63) is 0 Å². The molecule has 0 aliphatic carbocycles. The summed E-state index contributed by atoms with van der Waals surface area (Å²) >= 11 is 0. The summed E-state index contributed by atoms with van der Waals surface area (Å²) < 4.78 is 5.12. The Hall–Kier alpha value is -0.610. The summed E-state index contributed by atoms with van der Waals surface area (Å²) in [5.74, 6) is 0.241. The van der Waals surface area contributed by atoms with E-state index < -0.39 is 0 Å². The van der Waals surface area contributed by atoms with Gasteiger partial charge in [-0.2, -0.15) is 0 Å². The second-order valence-corrected chi connectivity index (χ2v) is 5.68. The molecular formula is C13H26N2O2. The summed E-state index contributed by atoms with van der Waals surface area (Å²) in [6.45, 7) is 10.0. The molecule has 17 heavy (non-hydrogen) atoms. The number of amides is 1. The molecule has 1 saturated heterocycles. The fraction of sp³-hybridized carbons (Fsp3) is 0.923.